The SMILES string of the molecule is COc1cc2c(cc1C1(C(C)N)CC1)OCO2. The van der Waals surface area contributed by atoms with Crippen LogP contribution < -0.4 is 19.9 Å². The van der Waals surface area contributed by atoms with E-state index in [0.717, 1.165) is 35.7 Å². The number of fused-ring (bicyclic) bond motifs is 1. The summed E-state index contributed by atoms with van der Waals surface area (Å²) in [6.07, 6.45) is 2.22. The molecule has 0 spiro atoms. The lowest BCUT2D eigenvalue weighted by Gasteiger charge is -2.22. The van der Waals surface area contributed by atoms with Crippen LogP contribution in [0.15, 0.2) is 12.1 Å². The molecule has 1 atom stereocenters. The van der Waals surface area contributed by atoms with Crippen LogP contribution in [0.4, 0.5) is 0 Å². The van der Waals surface area contributed by atoms with Crippen LogP contribution >= 0.6 is 0 Å². The fourth-order valence-electron chi connectivity index (χ4n) is 2.59. The van der Waals surface area contributed by atoms with Crippen LogP contribution in [-0.4, -0.2) is 19.9 Å². The van der Waals surface area contributed by atoms with Crippen LogP contribution in [0.5, 0.6) is 17.2 Å². The highest BCUT2D eigenvalue weighted by Gasteiger charge is 2.49. The van der Waals surface area contributed by atoms with Gasteiger partial charge in [0.2, 0.25) is 6.79 Å². The Balaban J connectivity index is 2.10. The monoisotopic (exact) mass is 235 g/mol. The number of methoxy groups -OCH3 is 1. The van der Waals surface area contributed by atoms with Crippen molar-refractivity contribution in [3.63, 3.8) is 0 Å². The predicted octanol–water partition coefficient (Wildman–Crippen LogP) is 1.80. The van der Waals surface area contributed by atoms with Gasteiger partial charge in [0.25, 0.3) is 0 Å². The first kappa shape index (κ1) is 10.7. The Hall–Kier alpha value is -1.42. The molecule has 1 heterocycles. The lowest BCUT2D eigenvalue weighted by molar-refractivity contribution is 0.174. The normalized spacial score (nSPS) is 21.1. The number of nitrogens with two attached hydrogens (primary N) is 1. The van der Waals surface area contributed by atoms with E-state index in [-0.39, 0.29) is 18.2 Å². The van der Waals surface area contributed by atoms with E-state index < -0.39 is 0 Å². The molecule has 1 unspecified atom stereocenters. The highest BCUT2D eigenvalue weighted by atomic mass is 16.7. The second-order valence-electron chi connectivity index (χ2n) is 4.85. The minimum atomic E-state index is 0.0618. The van der Waals surface area contributed by atoms with E-state index >= 15 is 0 Å². The van der Waals surface area contributed by atoms with Crippen molar-refractivity contribution in [3.05, 3.63) is 17.7 Å². The lowest BCUT2D eigenvalue weighted by atomic mass is 9.88. The molecule has 0 amide bonds. The minimum Gasteiger partial charge on any atom is -0.496 e. The van der Waals surface area contributed by atoms with Gasteiger partial charge in [-0.15, -0.1) is 0 Å². The van der Waals surface area contributed by atoms with Gasteiger partial charge in [-0.3, -0.25) is 0 Å². The Morgan fingerprint density at radius 1 is 1.29 bits per heavy atom. The maximum absolute atomic E-state index is 6.11. The predicted molar refractivity (Wildman–Crippen MR) is 63.7 cm³/mol. The van der Waals surface area contributed by atoms with Gasteiger partial charge in [-0.25, -0.2) is 0 Å². The summed E-state index contributed by atoms with van der Waals surface area (Å²) >= 11 is 0. The number of benzene rings is 1. The average molecular weight is 235 g/mol. The molecule has 1 aliphatic heterocycles. The third-order valence-electron chi connectivity index (χ3n) is 3.89. The van der Waals surface area contributed by atoms with Gasteiger partial charge >= 0.3 is 0 Å². The third-order valence-corrected chi connectivity index (χ3v) is 3.89. The quantitative estimate of drug-likeness (QED) is 0.868. The minimum absolute atomic E-state index is 0.0618. The largest absolute Gasteiger partial charge is 0.496 e. The Bertz CT molecular complexity index is 452. The van der Waals surface area contributed by atoms with Gasteiger partial charge < -0.3 is 19.9 Å². The van der Waals surface area contributed by atoms with Crippen LogP contribution in [0.2, 0.25) is 0 Å². The molecule has 1 aromatic carbocycles. The van der Waals surface area contributed by atoms with Crippen molar-refractivity contribution in [2.45, 2.75) is 31.2 Å². The molecule has 2 aliphatic rings. The van der Waals surface area contributed by atoms with Crippen LogP contribution in [0.3, 0.4) is 0 Å². The molecular weight excluding hydrogens is 218 g/mol. The number of hydrogen-bond donors (Lipinski definition) is 1. The maximum atomic E-state index is 6.11. The van der Waals surface area contributed by atoms with Gasteiger partial charge in [-0.05, 0) is 25.8 Å². The molecule has 0 radical (unpaired) electrons. The topological polar surface area (TPSA) is 53.7 Å². The molecule has 1 fully saturated rings. The Morgan fingerprint density at radius 3 is 2.47 bits per heavy atom. The first-order valence-corrected chi connectivity index (χ1v) is 5.91. The zero-order valence-corrected chi connectivity index (χ0v) is 10.2. The van der Waals surface area contributed by atoms with E-state index in [2.05, 4.69) is 6.92 Å². The lowest BCUT2D eigenvalue weighted by Crippen LogP contribution is -2.31. The van der Waals surface area contributed by atoms with Gasteiger partial charge in [0.1, 0.15) is 5.75 Å². The second kappa shape index (κ2) is 3.53. The number of hydrogen-bond acceptors (Lipinski definition) is 4. The summed E-state index contributed by atoms with van der Waals surface area (Å²) in [4.78, 5) is 0. The van der Waals surface area contributed by atoms with Gasteiger partial charge in [0, 0.05) is 23.1 Å². The summed E-state index contributed by atoms with van der Waals surface area (Å²) in [7, 11) is 1.68. The van der Waals surface area contributed by atoms with E-state index in [1.54, 1.807) is 7.11 Å². The van der Waals surface area contributed by atoms with Crippen LogP contribution in [0.1, 0.15) is 25.3 Å². The van der Waals surface area contributed by atoms with Gasteiger partial charge in [0.15, 0.2) is 11.5 Å². The molecule has 3 rings (SSSR count). The summed E-state index contributed by atoms with van der Waals surface area (Å²) in [5.41, 5.74) is 7.32. The van der Waals surface area contributed by atoms with Crippen molar-refractivity contribution < 1.29 is 14.2 Å². The molecular formula is C13H17NO3. The van der Waals surface area contributed by atoms with E-state index in [4.69, 9.17) is 19.9 Å². The molecule has 92 valence electrons. The Labute approximate surface area is 101 Å². The smallest absolute Gasteiger partial charge is 0.231 e. The highest BCUT2D eigenvalue weighted by Crippen LogP contribution is 2.55. The zero-order valence-electron chi connectivity index (χ0n) is 10.2. The third kappa shape index (κ3) is 1.47. The first-order valence-electron chi connectivity index (χ1n) is 5.91. The summed E-state index contributed by atoms with van der Waals surface area (Å²) in [6.45, 7) is 2.34. The number of rotatable bonds is 3. The second-order valence-corrected chi connectivity index (χ2v) is 4.85. The summed E-state index contributed by atoms with van der Waals surface area (Å²) < 4.78 is 16.2. The molecule has 2 N–H and O–H groups in total. The molecule has 1 aliphatic carbocycles. The van der Waals surface area contributed by atoms with E-state index in [1.165, 1.54) is 0 Å². The summed E-state index contributed by atoms with van der Waals surface area (Å²) in [5, 5.41) is 0. The number of ether oxygens (including phenoxy) is 3. The molecule has 1 aromatic rings. The molecule has 17 heavy (non-hydrogen) atoms. The highest BCUT2D eigenvalue weighted by molar-refractivity contribution is 5.56. The summed E-state index contributed by atoms with van der Waals surface area (Å²) in [6, 6.07) is 4.05. The van der Waals surface area contributed by atoms with E-state index in [1.807, 2.05) is 12.1 Å². The molecule has 4 nitrogen and oxygen atoms in total. The van der Waals surface area contributed by atoms with Crippen molar-refractivity contribution >= 4 is 0 Å². The van der Waals surface area contributed by atoms with Crippen molar-refractivity contribution in [2.24, 2.45) is 5.73 Å². The zero-order chi connectivity index (χ0) is 12.0. The molecule has 0 saturated heterocycles. The van der Waals surface area contributed by atoms with Crippen LogP contribution in [0, 0.1) is 0 Å². The van der Waals surface area contributed by atoms with Crippen LogP contribution in [-0.2, 0) is 5.41 Å². The van der Waals surface area contributed by atoms with E-state index in [0.29, 0.717) is 0 Å². The molecule has 1 saturated carbocycles. The Morgan fingerprint density at radius 2 is 1.94 bits per heavy atom. The molecule has 4 heteroatoms. The van der Waals surface area contributed by atoms with Crippen molar-refractivity contribution in [1.29, 1.82) is 0 Å². The average Bonchev–Trinajstić information content (AvgIpc) is 3.01. The fraction of sp³-hybridized carbons (Fsp3) is 0.538. The Kier molecular flexibility index (Phi) is 2.23. The van der Waals surface area contributed by atoms with Gasteiger partial charge in [-0.2, -0.15) is 0 Å². The summed E-state index contributed by atoms with van der Waals surface area (Å²) in [5.74, 6) is 2.41. The molecule has 0 aromatic heterocycles. The van der Waals surface area contributed by atoms with Gasteiger partial charge in [-0.1, -0.05) is 0 Å². The fourth-order valence-corrected chi connectivity index (χ4v) is 2.59. The van der Waals surface area contributed by atoms with Crippen molar-refractivity contribution in [3.8, 4) is 17.2 Å². The van der Waals surface area contributed by atoms with Crippen molar-refractivity contribution in [1.82, 2.24) is 0 Å². The van der Waals surface area contributed by atoms with Gasteiger partial charge in [0.05, 0.1) is 7.11 Å². The van der Waals surface area contributed by atoms with E-state index in [9.17, 15) is 0 Å². The van der Waals surface area contributed by atoms with Crippen molar-refractivity contribution in [2.75, 3.05) is 13.9 Å². The maximum Gasteiger partial charge on any atom is 0.231 e. The first-order chi connectivity index (χ1) is 8.17. The molecule has 0 bridgehead atoms. The van der Waals surface area contributed by atoms with Crippen LogP contribution in [0.25, 0.3) is 0 Å². The standard InChI is InChI=1S/C13H17NO3/c1-8(14)13(3-4-13)9-5-11-12(17-7-16-11)6-10(9)15-2/h5-6,8H,3-4,7,14H2,1-2H3.